The van der Waals surface area contributed by atoms with Crippen molar-refractivity contribution in [2.24, 2.45) is 0 Å². The molecule has 1 saturated carbocycles. The van der Waals surface area contributed by atoms with Gasteiger partial charge in [-0.15, -0.1) is 0 Å². The second-order valence-electron chi connectivity index (χ2n) is 6.81. The summed E-state index contributed by atoms with van der Waals surface area (Å²) < 4.78 is 0. The molecule has 8 nitrogen and oxygen atoms in total. The molecule has 136 valence electrons. The molecule has 2 N–H and O–H groups in total. The SMILES string of the molecule is N#Cc1nccnc1NC1CCC(NCC(=O)N2CCC[C@H]2C#N)CC1. The maximum atomic E-state index is 12.3. The van der Waals surface area contributed by atoms with Gasteiger partial charge in [-0.05, 0) is 38.5 Å². The molecule has 0 spiro atoms. The molecule has 1 atom stereocenters. The number of likely N-dealkylation sites (tertiary alicyclic amines) is 1. The smallest absolute Gasteiger partial charge is 0.237 e. The van der Waals surface area contributed by atoms with Crippen molar-refractivity contribution in [2.75, 3.05) is 18.4 Å². The van der Waals surface area contributed by atoms with Crippen molar-refractivity contribution in [3.8, 4) is 12.1 Å². The fourth-order valence-corrected chi connectivity index (χ4v) is 3.69. The Hall–Kier alpha value is -2.71. The van der Waals surface area contributed by atoms with E-state index in [1.54, 1.807) is 11.1 Å². The van der Waals surface area contributed by atoms with Crippen molar-refractivity contribution in [1.29, 1.82) is 10.5 Å². The number of rotatable bonds is 5. The van der Waals surface area contributed by atoms with Gasteiger partial charge in [-0.3, -0.25) is 4.79 Å². The molecule has 1 aromatic rings. The second-order valence-corrected chi connectivity index (χ2v) is 6.81. The van der Waals surface area contributed by atoms with Gasteiger partial charge >= 0.3 is 0 Å². The van der Waals surface area contributed by atoms with Gasteiger partial charge in [0.05, 0.1) is 12.6 Å². The molecular weight excluding hydrogens is 330 g/mol. The highest BCUT2D eigenvalue weighted by Gasteiger charge is 2.29. The zero-order valence-corrected chi connectivity index (χ0v) is 14.7. The summed E-state index contributed by atoms with van der Waals surface area (Å²) in [5, 5.41) is 24.8. The average molecular weight is 353 g/mol. The Bertz CT molecular complexity index is 715. The lowest BCUT2D eigenvalue weighted by Gasteiger charge is -2.30. The van der Waals surface area contributed by atoms with Crippen LogP contribution < -0.4 is 10.6 Å². The first-order valence-corrected chi connectivity index (χ1v) is 9.11. The molecule has 1 aromatic heterocycles. The van der Waals surface area contributed by atoms with Crippen molar-refractivity contribution in [3.63, 3.8) is 0 Å². The topological polar surface area (TPSA) is 118 Å². The minimum atomic E-state index is -0.259. The van der Waals surface area contributed by atoms with Gasteiger partial charge in [0.2, 0.25) is 5.91 Å². The number of amides is 1. The molecule has 8 heteroatoms. The predicted molar refractivity (Wildman–Crippen MR) is 94.8 cm³/mol. The van der Waals surface area contributed by atoms with Crippen LogP contribution in [-0.2, 0) is 4.79 Å². The highest BCUT2D eigenvalue weighted by Crippen LogP contribution is 2.22. The molecule has 2 heterocycles. The van der Waals surface area contributed by atoms with E-state index in [0.717, 1.165) is 38.5 Å². The first-order chi connectivity index (χ1) is 12.7. The number of carbonyl (C=O) groups is 1. The Morgan fingerprint density at radius 3 is 2.62 bits per heavy atom. The third-order valence-corrected chi connectivity index (χ3v) is 5.14. The van der Waals surface area contributed by atoms with Gasteiger partial charge in [0.25, 0.3) is 0 Å². The monoisotopic (exact) mass is 353 g/mol. The number of hydrogen-bond donors (Lipinski definition) is 2. The first kappa shape index (κ1) is 18.1. The summed E-state index contributed by atoms with van der Waals surface area (Å²) in [6.07, 6.45) is 8.58. The highest BCUT2D eigenvalue weighted by molar-refractivity contribution is 5.79. The molecule has 2 fully saturated rings. The molecule has 0 radical (unpaired) electrons. The number of nitriles is 2. The van der Waals surface area contributed by atoms with Crippen LogP contribution >= 0.6 is 0 Å². The quantitative estimate of drug-likeness (QED) is 0.816. The number of hydrogen-bond acceptors (Lipinski definition) is 7. The van der Waals surface area contributed by atoms with E-state index in [4.69, 9.17) is 10.5 Å². The van der Waals surface area contributed by atoms with Crippen LogP contribution in [-0.4, -0.2) is 52.0 Å². The van der Waals surface area contributed by atoms with Crippen LogP contribution in [0.5, 0.6) is 0 Å². The highest BCUT2D eigenvalue weighted by atomic mass is 16.2. The van der Waals surface area contributed by atoms with Gasteiger partial charge in [-0.1, -0.05) is 0 Å². The Morgan fingerprint density at radius 1 is 1.15 bits per heavy atom. The van der Waals surface area contributed by atoms with E-state index in [1.165, 1.54) is 6.20 Å². The molecule has 1 aliphatic carbocycles. The van der Waals surface area contributed by atoms with Gasteiger partial charge < -0.3 is 15.5 Å². The fourth-order valence-electron chi connectivity index (χ4n) is 3.69. The zero-order valence-electron chi connectivity index (χ0n) is 14.7. The Kier molecular flexibility index (Phi) is 5.98. The van der Waals surface area contributed by atoms with E-state index < -0.39 is 0 Å². The Morgan fingerprint density at radius 2 is 1.88 bits per heavy atom. The van der Waals surface area contributed by atoms with Crippen molar-refractivity contribution in [2.45, 2.75) is 56.7 Å². The number of aromatic nitrogens is 2. The summed E-state index contributed by atoms with van der Waals surface area (Å²) in [5.74, 6) is 0.561. The second kappa shape index (κ2) is 8.59. The number of nitrogens with one attached hydrogen (secondary N) is 2. The zero-order chi connectivity index (χ0) is 18.4. The number of anilines is 1. The largest absolute Gasteiger partial charge is 0.365 e. The normalized spacial score (nSPS) is 25.3. The van der Waals surface area contributed by atoms with Crippen LogP contribution in [0.4, 0.5) is 5.82 Å². The maximum absolute atomic E-state index is 12.3. The Labute approximate surface area is 153 Å². The van der Waals surface area contributed by atoms with Crippen LogP contribution in [0.3, 0.4) is 0 Å². The summed E-state index contributed by atoms with van der Waals surface area (Å²) in [4.78, 5) is 22.2. The van der Waals surface area contributed by atoms with Crippen LogP contribution in [0.1, 0.15) is 44.2 Å². The summed E-state index contributed by atoms with van der Waals surface area (Å²) >= 11 is 0. The standard InChI is InChI=1S/C18H23N7O/c19-10-15-2-1-9-25(15)17(26)12-23-13-3-5-14(6-4-13)24-18-16(11-20)21-7-8-22-18/h7-8,13-15,23H,1-6,9,12H2,(H,22,24)/t13?,14?,15-/m0/s1. The summed E-state index contributed by atoms with van der Waals surface area (Å²) in [7, 11) is 0. The molecule has 2 aliphatic rings. The van der Waals surface area contributed by atoms with E-state index >= 15 is 0 Å². The maximum Gasteiger partial charge on any atom is 0.237 e. The molecule has 1 amide bonds. The molecule has 0 aromatic carbocycles. The lowest BCUT2D eigenvalue weighted by molar-refractivity contribution is -0.130. The lowest BCUT2D eigenvalue weighted by atomic mass is 9.91. The van der Waals surface area contributed by atoms with E-state index in [1.807, 2.05) is 6.07 Å². The van der Waals surface area contributed by atoms with E-state index in [0.29, 0.717) is 30.6 Å². The minimum Gasteiger partial charge on any atom is -0.365 e. The first-order valence-electron chi connectivity index (χ1n) is 9.11. The van der Waals surface area contributed by atoms with Gasteiger partial charge in [-0.2, -0.15) is 10.5 Å². The van der Waals surface area contributed by atoms with Crippen molar-refractivity contribution < 1.29 is 4.79 Å². The van der Waals surface area contributed by atoms with Gasteiger partial charge in [0.1, 0.15) is 12.1 Å². The van der Waals surface area contributed by atoms with Crippen molar-refractivity contribution >= 4 is 11.7 Å². The van der Waals surface area contributed by atoms with Crippen LogP contribution in [0.15, 0.2) is 12.4 Å². The van der Waals surface area contributed by atoms with E-state index in [-0.39, 0.29) is 18.0 Å². The van der Waals surface area contributed by atoms with Gasteiger partial charge in [0.15, 0.2) is 11.5 Å². The molecule has 1 aliphatic heterocycles. The van der Waals surface area contributed by atoms with Crippen LogP contribution in [0.2, 0.25) is 0 Å². The summed E-state index contributed by atoms with van der Waals surface area (Å²) in [6, 6.07) is 4.56. The lowest BCUT2D eigenvalue weighted by Crippen LogP contribution is -2.45. The molecule has 26 heavy (non-hydrogen) atoms. The van der Waals surface area contributed by atoms with Gasteiger partial charge in [0, 0.05) is 31.0 Å². The fraction of sp³-hybridized carbons (Fsp3) is 0.611. The van der Waals surface area contributed by atoms with Crippen molar-refractivity contribution in [1.82, 2.24) is 20.2 Å². The van der Waals surface area contributed by atoms with E-state index in [9.17, 15) is 4.79 Å². The number of nitrogens with zero attached hydrogens (tertiary/aromatic N) is 5. The van der Waals surface area contributed by atoms with Gasteiger partial charge in [-0.25, -0.2) is 9.97 Å². The predicted octanol–water partition coefficient (Wildman–Crippen LogP) is 1.18. The number of carbonyl (C=O) groups excluding carboxylic acids is 1. The summed E-state index contributed by atoms with van der Waals surface area (Å²) in [6.45, 7) is 0.985. The minimum absolute atomic E-state index is 0.0209. The van der Waals surface area contributed by atoms with E-state index in [2.05, 4.69) is 26.7 Å². The molecule has 0 unspecified atom stereocenters. The molecule has 1 saturated heterocycles. The van der Waals surface area contributed by atoms with Crippen LogP contribution in [0, 0.1) is 22.7 Å². The van der Waals surface area contributed by atoms with Crippen LogP contribution in [0.25, 0.3) is 0 Å². The average Bonchev–Trinajstić information content (AvgIpc) is 3.16. The third-order valence-electron chi connectivity index (χ3n) is 5.14. The third kappa shape index (κ3) is 4.27. The molecular formula is C18H23N7O. The summed E-state index contributed by atoms with van der Waals surface area (Å²) in [5.41, 5.74) is 0.316. The molecule has 0 bridgehead atoms. The Balaban J connectivity index is 1.42. The molecule has 3 rings (SSSR count). The van der Waals surface area contributed by atoms with Crippen molar-refractivity contribution in [3.05, 3.63) is 18.1 Å².